The molecule has 0 aromatic carbocycles. The zero-order chi connectivity index (χ0) is 12.3. The summed E-state index contributed by atoms with van der Waals surface area (Å²) in [6.07, 6.45) is 9.64. The standard InChI is InChI=1S/C15H34N/c1-5-9-11-15-16(12-7-3,13-8-4)14-10-6-2/h5-15H2,1-4H3/q+1. The third-order valence-corrected chi connectivity index (χ3v) is 3.62. The van der Waals surface area contributed by atoms with Crippen LogP contribution in [0.2, 0.25) is 0 Å². The summed E-state index contributed by atoms with van der Waals surface area (Å²) in [6.45, 7) is 15.0. The summed E-state index contributed by atoms with van der Waals surface area (Å²) >= 11 is 0. The van der Waals surface area contributed by atoms with Gasteiger partial charge in [-0.3, -0.25) is 0 Å². The summed E-state index contributed by atoms with van der Waals surface area (Å²) in [5.74, 6) is 0. The maximum absolute atomic E-state index is 2.34. The van der Waals surface area contributed by atoms with E-state index in [1.807, 2.05) is 0 Å². The minimum absolute atomic E-state index is 1.34. The van der Waals surface area contributed by atoms with Gasteiger partial charge in [0.25, 0.3) is 0 Å². The zero-order valence-electron chi connectivity index (χ0n) is 12.2. The first-order valence-corrected chi connectivity index (χ1v) is 7.59. The second-order valence-electron chi connectivity index (χ2n) is 5.30. The summed E-state index contributed by atoms with van der Waals surface area (Å²) in [5.41, 5.74) is 0. The van der Waals surface area contributed by atoms with Gasteiger partial charge in [0.1, 0.15) is 0 Å². The lowest BCUT2D eigenvalue weighted by Crippen LogP contribution is -2.50. The average molecular weight is 228 g/mol. The molecule has 0 aliphatic heterocycles. The third kappa shape index (κ3) is 6.52. The smallest absolute Gasteiger partial charge is 0.0786 e. The van der Waals surface area contributed by atoms with Crippen LogP contribution in [0.25, 0.3) is 0 Å². The lowest BCUT2D eigenvalue weighted by atomic mass is 10.1. The van der Waals surface area contributed by atoms with E-state index in [0.29, 0.717) is 0 Å². The molecule has 98 valence electrons. The number of unbranched alkanes of at least 4 members (excludes halogenated alkanes) is 3. The quantitative estimate of drug-likeness (QED) is 0.358. The Kier molecular flexibility index (Phi) is 10.1. The monoisotopic (exact) mass is 228 g/mol. The van der Waals surface area contributed by atoms with Crippen LogP contribution in [0.15, 0.2) is 0 Å². The number of quaternary nitrogens is 1. The number of rotatable bonds is 11. The minimum atomic E-state index is 1.34. The fourth-order valence-corrected chi connectivity index (χ4v) is 2.81. The van der Waals surface area contributed by atoms with E-state index in [-0.39, 0.29) is 0 Å². The van der Waals surface area contributed by atoms with E-state index in [2.05, 4.69) is 27.7 Å². The van der Waals surface area contributed by atoms with Gasteiger partial charge in [0.05, 0.1) is 26.2 Å². The molecule has 16 heavy (non-hydrogen) atoms. The molecular weight excluding hydrogens is 194 g/mol. The van der Waals surface area contributed by atoms with Gasteiger partial charge in [0, 0.05) is 0 Å². The molecule has 0 heterocycles. The largest absolute Gasteiger partial charge is 0.324 e. The van der Waals surface area contributed by atoms with Gasteiger partial charge in [-0.15, -0.1) is 0 Å². The zero-order valence-corrected chi connectivity index (χ0v) is 12.2. The van der Waals surface area contributed by atoms with E-state index in [4.69, 9.17) is 0 Å². The van der Waals surface area contributed by atoms with E-state index in [1.54, 1.807) is 0 Å². The second kappa shape index (κ2) is 10.1. The van der Waals surface area contributed by atoms with E-state index in [9.17, 15) is 0 Å². The van der Waals surface area contributed by atoms with Gasteiger partial charge in [-0.05, 0) is 32.1 Å². The lowest BCUT2D eigenvalue weighted by Gasteiger charge is -2.39. The summed E-state index contributed by atoms with van der Waals surface area (Å²) in [5, 5.41) is 0. The van der Waals surface area contributed by atoms with Crippen LogP contribution in [0.1, 0.15) is 72.6 Å². The van der Waals surface area contributed by atoms with Crippen molar-refractivity contribution in [2.75, 3.05) is 26.2 Å². The van der Waals surface area contributed by atoms with Gasteiger partial charge in [0.2, 0.25) is 0 Å². The van der Waals surface area contributed by atoms with E-state index in [0.717, 1.165) is 0 Å². The van der Waals surface area contributed by atoms with Crippen molar-refractivity contribution in [1.82, 2.24) is 0 Å². The molecule has 0 amide bonds. The molecule has 0 aliphatic rings. The molecule has 0 bridgehead atoms. The molecule has 1 nitrogen and oxygen atoms in total. The number of hydrogen-bond donors (Lipinski definition) is 0. The predicted molar refractivity (Wildman–Crippen MR) is 74.7 cm³/mol. The third-order valence-electron chi connectivity index (χ3n) is 3.62. The highest BCUT2D eigenvalue weighted by atomic mass is 15.3. The highest BCUT2D eigenvalue weighted by molar-refractivity contribution is 4.47. The van der Waals surface area contributed by atoms with Gasteiger partial charge in [-0.25, -0.2) is 0 Å². The summed E-state index contributed by atoms with van der Waals surface area (Å²) in [6, 6.07) is 0. The Morgan fingerprint density at radius 1 is 0.500 bits per heavy atom. The van der Waals surface area contributed by atoms with Gasteiger partial charge < -0.3 is 4.48 Å². The molecule has 0 saturated carbocycles. The van der Waals surface area contributed by atoms with Crippen molar-refractivity contribution in [3.05, 3.63) is 0 Å². The summed E-state index contributed by atoms with van der Waals surface area (Å²) in [4.78, 5) is 0. The molecule has 0 rings (SSSR count). The van der Waals surface area contributed by atoms with E-state index < -0.39 is 0 Å². The van der Waals surface area contributed by atoms with Crippen LogP contribution >= 0.6 is 0 Å². The van der Waals surface area contributed by atoms with Crippen molar-refractivity contribution in [3.8, 4) is 0 Å². The van der Waals surface area contributed by atoms with Crippen molar-refractivity contribution in [2.24, 2.45) is 0 Å². The Bertz CT molecular complexity index is 136. The number of hydrogen-bond acceptors (Lipinski definition) is 0. The first-order valence-electron chi connectivity index (χ1n) is 7.59. The van der Waals surface area contributed by atoms with E-state index >= 15 is 0 Å². The maximum Gasteiger partial charge on any atom is 0.0786 e. The molecule has 0 saturated heterocycles. The second-order valence-corrected chi connectivity index (χ2v) is 5.30. The molecule has 0 unspecified atom stereocenters. The lowest BCUT2D eigenvalue weighted by molar-refractivity contribution is -0.928. The van der Waals surface area contributed by atoms with Crippen molar-refractivity contribution in [2.45, 2.75) is 72.6 Å². The van der Waals surface area contributed by atoms with Crippen molar-refractivity contribution in [1.29, 1.82) is 0 Å². The Balaban J connectivity index is 4.24. The Labute approximate surface area is 104 Å². The molecule has 0 atom stereocenters. The maximum atomic E-state index is 2.34. The van der Waals surface area contributed by atoms with Crippen molar-refractivity contribution >= 4 is 0 Å². The molecule has 1 heteroatoms. The Morgan fingerprint density at radius 3 is 1.44 bits per heavy atom. The normalized spacial score (nSPS) is 12.0. The highest BCUT2D eigenvalue weighted by Crippen LogP contribution is 2.15. The molecule has 0 aromatic rings. The Morgan fingerprint density at radius 2 is 1.00 bits per heavy atom. The summed E-state index contributed by atoms with van der Waals surface area (Å²) < 4.78 is 1.40. The molecule has 0 spiro atoms. The predicted octanol–water partition coefficient (Wildman–Crippen LogP) is 4.61. The average Bonchev–Trinajstić information content (AvgIpc) is 2.27. The van der Waals surface area contributed by atoms with Crippen LogP contribution in [0.4, 0.5) is 0 Å². The topological polar surface area (TPSA) is 0 Å². The van der Waals surface area contributed by atoms with Crippen molar-refractivity contribution in [3.63, 3.8) is 0 Å². The first kappa shape index (κ1) is 16.0. The van der Waals surface area contributed by atoms with Crippen LogP contribution in [-0.4, -0.2) is 30.7 Å². The molecule has 0 radical (unpaired) electrons. The van der Waals surface area contributed by atoms with Crippen molar-refractivity contribution < 1.29 is 4.48 Å². The fraction of sp³-hybridized carbons (Fsp3) is 1.00. The number of nitrogens with zero attached hydrogens (tertiary/aromatic N) is 1. The van der Waals surface area contributed by atoms with Gasteiger partial charge in [-0.2, -0.15) is 0 Å². The van der Waals surface area contributed by atoms with Crippen LogP contribution in [0.5, 0.6) is 0 Å². The first-order chi connectivity index (χ1) is 7.74. The van der Waals surface area contributed by atoms with Crippen LogP contribution < -0.4 is 0 Å². The molecule has 0 fully saturated rings. The summed E-state index contributed by atoms with van der Waals surface area (Å²) in [7, 11) is 0. The highest BCUT2D eigenvalue weighted by Gasteiger charge is 2.23. The van der Waals surface area contributed by atoms with Crippen LogP contribution in [-0.2, 0) is 0 Å². The molecule has 0 aliphatic carbocycles. The van der Waals surface area contributed by atoms with Crippen LogP contribution in [0, 0.1) is 0 Å². The molecule has 0 aromatic heterocycles. The molecular formula is C15H34N+. The fourth-order valence-electron chi connectivity index (χ4n) is 2.81. The Hall–Kier alpha value is -0.0400. The van der Waals surface area contributed by atoms with Gasteiger partial charge >= 0.3 is 0 Å². The SMILES string of the molecule is CCCCC[N+](CCC)(CCC)CCCC. The molecule has 0 N–H and O–H groups in total. The van der Waals surface area contributed by atoms with Crippen LogP contribution in [0.3, 0.4) is 0 Å². The van der Waals surface area contributed by atoms with E-state index in [1.165, 1.54) is 75.6 Å². The van der Waals surface area contributed by atoms with Gasteiger partial charge in [0.15, 0.2) is 0 Å². The van der Waals surface area contributed by atoms with Gasteiger partial charge in [-0.1, -0.05) is 40.5 Å². The minimum Gasteiger partial charge on any atom is -0.324 e.